The van der Waals surface area contributed by atoms with Crippen molar-refractivity contribution in [1.29, 1.82) is 0 Å². The van der Waals surface area contributed by atoms with E-state index in [1.165, 1.54) is 12.7 Å². The van der Waals surface area contributed by atoms with Crippen molar-refractivity contribution in [2.24, 2.45) is 0 Å². The van der Waals surface area contributed by atoms with Crippen LogP contribution in [0.15, 0.2) is 71.9 Å². The lowest BCUT2D eigenvalue weighted by molar-refractivity contribution is -0.136. The second-order valence-electron chi connectivity index (χ2n) is 6.82. The fraction of sp³-hybridized carbons (Fsp3) is 0.348. The van der Waals surface area contributed by atoms with Crippen molar-refractivity contribution in [3.8, 4) is 0 Å². The second kappa shape index (κ2) is 8.70. The van der Waals surface area contributed by atoms with Gasteiger partial charge in [-0.25, -0.2) is 4.79 Å². The third kappa shape index (κ3) is 4.16. The van der Waals surface area contributed by atoms with Crippen molar-refractivity contribution in [2.45, 2.75) is 38.6 Å². The molecular weight excluding hydrogens is 322 g/mol. The fourth-order valence-corrected chi connectivity index (χ4v) is 3.73. The molecule has 1 aliphatic rings. The summed E-state index contributed by atoms with van der Waals surface area (Å²) >= 11 is 0. The Morgan fingerprint density at radius 3 is 2.35 bits per heavy atom. The number of esters is 1. The van der Waals surface area contributed by atoms with Crippen molar-refractivity contribution in [2.75, 3.05) is 13.7 Å². The van der Waals surface area contributed by atoms with Crippen LogP contribution < -0.4 is 0 Å². The van der Waals surface area contributed by atoms with E-state index in [0.29, 0.717) is 6.42 Å². The van der Waals surface area contributed by atoms with E-state index >= 15 is 0 Å². The molecule has 0 spiro atoms. The molecule has 0 amide bonds. The molecular formula is C23H27NO2. The molecule has 2 aromatic rings. The molecule has 0 radical (unpaired) electrons. The number of rotatable bonds is 5. The van der Waals surface area contributed by atoms with Crippen LogP contribution in [-0.2, 0) is 16.0 Å². The largest absolute Gasteiger partial charge is 0.466 e. The van der Waals surface area contributed by atoms with Gasteiger partial charge < -0.3 is 9.64 Å². The van der Waals surface area contributed by atoms with Gasteiger partial charge in [0.15, 0.2) is 0 Å². The van der Waals surface area contributed by atoms with Crippen LogP contribution in [0.25, 0.3) is 0 Å². The molecule has 0 bridgehead atoms. The molecule has 0 saturated carbocycles. The molecule has 1 aliphatic heterocycles. The number of carbonyl (C=O) groups excluding carboxylic acids is 1. The van der Waals surface area contributed by atoms with Gasteiger partial charge in [0, 0.05) is 18.7 Å². The van der Waals surface area contributed by atoms with Gasteiger partial charge in [0.25, 0.3) is 0 Å². The minimum atomic E-state index is -0.212. The first-order chi connectivity index (χ1) is 12.7. The van der Waals surface area contributed by atoms with Crippen LogP contribution >= 0.6 is 0 Å². The van der Waals surface area contributed by atoms with E-state index in [4.69, 9.17) is 4.74 Å². The number of methoxy groups -OCH3 is 1. The van der Waals surface area contributed by atoms with Gasteiger partial charge in [-0.2, -0.15) is 0 Å². The SMILES string of the molecule is COC(=O)/C(Cc1ccccc1)=C1/CCCCN1[C@H](C)c1ccccc1. The van der Waals surface area contributed by atoms with Gasteiger partial charge >= 0.3 is 5.97 Å². The zero-order valence-electron chi connectivity index (χ0n) is 15.7. The number of ether oxygens (including phenoxy) is 1. The Kier molecular flexibility index (Phi) is 6.11. The smallest absolute Gasteiger partial charge is 0.335 e. The number of benzene rings is 2. The van der Waals surface area contributed by atoms with Crippen LogP contribution in [0.1, 0.15) is 43.4 Å². The lowest BCUT2D eigenvalue weighted by Crippen LogP contribution is -2.33. The van der Waals surface area contributed by atoms with Crippen LogP contribution in [-0.4, -0.2) is 24.5 Å². The van der Waals surface area contributed by atoms with Crippen LogP contribution in [0, 0.1) is 0 Å². The highest BCUT2D eigenvalue weighted by Gasteiger charge is 2.27. The van der Waals surface area contributed by atoms with E-state index in [-0.39, 0.29) is 12.0 Å². The average Bonchev–Trinajstić information content (AvgIpc) is 2.72. The van der Waals surface area contributed by atoms with E-state index in [0.717, 1.165) is 42.6 Å². The second-order valence-corrected chi connectivity index (χ2v) is 6.82. The van der Waals surface area contributed by atoms with Crippen LogP contribution in [0.5, 0.6) is 0 Å². The molecule has 0 aromatic heterocycles. The van der Waals surface area contributed by atoms with E-state index < -0.39 is 0 Å². The number of hydrogen-bond acceptors (Lipinski definition) is 3. The first kappa shape index (κ1) is 18.2. The van der Waals surface area contributed by atoms with Crippen LogP contribution in [0.2, 0.25) is 0 Å². The molecule has 1 fully saturated rings. The quantitative estimate of drug-likeness (QED) is 0.568. The summed E-state index contributed by atoms with van der Waals surface area (Å²) in [6, 6.07) is 20.9. The van der Waals surface area contributed by atoms with Crippen LogP contribution in [0.3, 0.4) is 0 Å². The molecule has 0 unspecified atom stereocenters. The molecule has 3 nitrogen and oxygen atoms in total. The highest BCUT2D eigenvalue weighted by molar-refractivity contribution is 5.89. The predicted octanol–water partition coefficient (Wildman–Crippen LogP) is 4.90. The van der Waals surface area contributed by atoms with E-state index in [2.05, 4.69) is 48.2 Å². The Morgan fingerprint density at radius 1 is 1.04 bits per heavy atom. The van der Waals surface area contributed by atoms with Gasteiger partial charge in [0.05, 0.1) is 18.7 Å². The lowest BCUT2D eigenvalue weighted by Gasteiger charge is -2.38. The minimum absolute atomic E-state index is 0.212. The first-order valence-electron chi connectivity index (χ1n) is 9.36. The van der Waals surface area contributed by atoms with Crippen molar-refractivity contribution in [3.63, 3.8) is 0 Å². The first-order valence-corrected chi connectivity index (χ1v) is 9.36. The molecule has 26 heavy (non-hydrogen) atoms. The summed E-state index contributed by atoms with van der Waals surface area (Å²) in [5.41, 5.74) is 4.35. The van der Waals surface area contributed by atoms with Crippen LogP contribution in [0.4, 0.5) is 0 Å². The Bertz CT molecular complexity index is 752. The summed E-state index contributed by atoms with van der Waals surface area (Å²) in [7, 11) is 1.47. The molecule has 3 rings (SSSR count). The maximum Gasteiger partial charge on any atom is 0.335 e. The van der Waals surface area contributed by atoms with Gasteiger partial charge in [-0.3, -0.25) is 0 Å². The number of nitrogens with zero attached hydrogens (tertiary/aromatic N) is 1. The highest BCUT2D eigenvalue weighted by atomic mass is 16.5. The van der Waals surface area contributed by atoms with Gasteiger partial charge in [0.2, 0.25) is 0 Å². The minimum Gasteiger partial charge on any atom is -0.466 e. The Morgan fingerprint density at radius 2 is 1.69 bits per heavy atom. The summed E-state index contributed by atoms with van der Waals surface area (Å²) in [5.74, 6) is -0.212. The number of hydrogen-bond donors (Lipinski definition) is 0. The monoisotopic (exact) mass is 349 g/mol. The average molecular weight is 349 g/mol. The molecule has 0 aliphatic carbocycles. The predicted molar refractivity (Wildman–Crippen MR) is 105 cm³/mol. The van der Waals surface area contributed by atoms with Gasteiger partial charge in [-0.15, -0.1) is 0 Å². The van der Waals surface area contributed by atoms with Crippen molar-refractivity contribution >= 4 is 5.97 Å². The number of allylic oxidation sites excluding steroid dienone is 1. The third-order valence-electron chi connectivity index (χ3n) is 5.16. The van der Waals surface area contributed by atoms with E-state index in [1.54, 1.807) is 0 Å². The zero-order valence-corrected chi connectivity index (χ0v) is 15.7. The normalized spacial score (nSPS) is 17.5. The molecule has 1 atom stereocenters. The van der Waals surface area contributed by atoms with Crippen molar-refractivity contribution < 1.29 is 9.53 Å². The molecule has 1 heterocycles. The third-order valence-corrected chi connectivity index (χ3v) is 5.16. The maximum absolute atomic E-state index is 12.6. The summed E-state index contributed by atoms with van der Waals surface area (Å²) in [6.45, 7) is 3.19. The summed E-state index contributed by atoms with van der Waals surface area (Å²) in [4.78, 5) is 15.0. The summed E-state index contributed by atoms with van der Waals surface area (Å²) < 4.78 is 5.15. The summed E-state index contributed by atoms with van der Waals surface area (Å²) in [6.07, 6.45) is 3.80. The van der Waals surface area contributed by atoms with E-state index in [1.807, 2.05) is 24.3 Å². The molecule has 3 heteroatoms. The van der Waals surface area contributed by atoms with Gasteiger partial charge in [-0.05, 0) is 37.3 Å². The fourth-order valence-electron chi connectivity index (χ4n) is 3.73. The van der Waals surface area contributed by atoms with E-state index in [9.17, 15) is 4.79 Å². The topological polar surface area (TPSA) is 29.5 Å². The highest BCUT2D eigenvalue weighted by Crippen LogP contribution is 2.33. The Labute approximate surface area is 156 Å². The molecule has 2 aromatic carbocycles. The lowest BCUT2D eigenvalue weighted by atomic mass is 9.94. The molecule has 136 valence electrons. The molecule has 0 N–H and O–H groups in total. The maximum atomic E-state index is 12.6. The standard InChI is InChI=1S/C23H27NO2/c1-18(20-13-7-4-8-14-20)24-16-10-9-15-22(24)21(23(25)26-2)17-19-11-5-3-6-12-19/h3-8,11-14,18H,9-10,15-17H2,1-2H3/b22-21-/t18-/m1/s1. The number of likely N-dealkylation sites (tertiary alicyclic amines) is 1. The van der Waals surface area contributed by atoms with Crippen molar-refractivity contribution in [1.82, 2.24) is 4.90 Å². The van der Waals surface area contributed by atoms with Gasteiger partial charge in [0.1, 0.15) is 0 Å². The van der Waals surface area contributed by atoms with Gasteiger partial charge in [-0.1, -0.05) is 60.7 Å². The zero-order chi connectivity index (χ0) is 18.4. The molecule has 1 saturated heterocycles. The number of carbonyl (C=O) groups is 1. The Balaban J connectivity index is 1.98. The Hall–Kier alpha value is -2.55. The number of piperidine rings is 1. The van der Waals surface area contributed by atoms with Crippen molar-refractivity contribution in [3.05, 3.63) is 83.1 Å². The summed E-state index contributed by atoms with van der Waals surface area (Å²) in [5, 5.41) is 0.